The van der Waals surface area contributed by atoms with Gasteiger partial charge in [-0.15, -0.1) is 0 Å². The van der Waals surface area contributed by atoms with Crippen molar-refractivity contribution in [2.45, 2.75) is 31.5 Å². The van der Waals surface area contributed by atoms with Gasteiger partial charge in [-0.25, -0.2) is 0 Å². The van der Waals surface area contributed by atoms with Crippen LogP contribution in [0.25, 0.3) is 11.0 Å². The first-order valence-electron chi connectivity index (χ1n) is 9.24. The van der Waals surface area contributed by atoms with Crippen molar-refractivity contribution < 1.29 is 26.7 Å². The zero-order valence-electron chi connectivity index (χ0n) is 15.3. The van der Waals surface area contributed by atoms with Crippen molar-refractivity contribution in [1.82, 2.24) is 5.32 Å². The van der Waals surface area contributed by atoms with Gasteiger partial charge >= 0.3 is 6.18 Å². The molecular weight excluding hydrogens is 410 g/mol. The average Bonchev–Trinajstić information content (AvgIpc) is 3.10. The molecule has 3 nitrogen and oxygen atoms in total. The van der Waals surface area contributed by atoms with Crippen molar-refractivity contribution in [3.05, 3.63) is 64.1 Å². The first kappa shape index (κ1) is 20.0. The summed E-state index contributed by atoms with van der Waals surface area (Å²) in [6.45, 7) is 1.28. The van der Waals surface area contributed by atoms with Crippen LogP contribution in [0.5, 0.6) is 5.75 Å². The fourth-order valence-corrected chi connectivity index (χ4v) is 3.98. The van der Waals surface area contributed by atoms with Gasteiger partial charge in [0.05, 0.1) is 10.6 Å². The molecule has 2 heterocycles. The summed E-state index contributed by atoms with van der Waals surface area (Å²) in [6.07, 6.45) is -3.09. The molecule has 0 aliphatic carbocycles. The number of rotatable bonds is 4. The van der Waals surface area contributed by atoms with E-state index in [-0.39, 0.29) is 23.9 Å². The number of alkyl halides is 3. The highest BCUT2D eigenvalue weighted by molar-refractivity contribution is 6.35. The number of hydrogen-bond donors (Lipinski definition) is 1. The van der Waals surface area contributed by atoms with Gasteiger partial charge in [0.2, 0.25) is 0 Å². The molecule has 0 atom stereocenters. The summed E-state index contributed by atoms with van der Waals surface area (Å²) in [5, 5.41) is 3.86. The lowest BCUT2D eigenvalue weighted by Crippen LogP contribution is -2.27. The van der Waals surface area contributed by atoms with E-state index in [4.69, 9.17) is 20.8 Å². The van der Waals surface area contributed by atoms with Crippen molar-refractivity contribution in [3.8, 4) is 5.75 Å². The molecule has 0 saturated carbocycles. The lowest BCUT2D eigenvalue weighted by atomic mass is 9.88. The van der Waals surface area contributed by atoms with Crippen LogP contribution < -0.4 is 10.1 Å². The van der Waals surface area contributed by atoms with Crippen LogP contribution in [0.1, 0.15) is 35.4 Å². The van der Waals surface area contributed by atoms with E-state index in [9.17, 15) is 17.6 Å². The second kappa shape index (κ2) is 7.88. The summed E-state index contributed by atoms with van der Waals surface area (Å²) < 4.78 is 65.3. The molecule has 4 rings (SSSR count). The molecule has 3 aromatic rings. The molecule has 1 aliphatic heterocycles. The molecule has 0 radical (unpaired) electrons. The third-order valence-electron chi connectivity index (χ3n) is 5.18. The van der Waals surface area contributed by atoms with E-state index >= 15 is 0 Å². The normalized spacial score (nSPS) is 15.8. The van der Waals surface area contributed by atoms with Gasteiger partial charge in [0.15, 0.2) is 0 Å². The summed E-state index contributed by atoms with van der Waals surface area (Å²) in [5.74, 6) is -0.207. The first-order chi connectivity index (χ1) is 13.8. The molecule has 29 heavy (non-hydrogen) atoms. The van der Waals surface area contributed by atoms with Crippen LogP contribution in [0, 0.1) is 6.01 Å². The van der Waals surface area contributed by atoms with E-state index in [1.165, 1.54) is 6.07 Å². The smallest absolute Gasteiger partial charge is 0.419 e. The number of nitrogens with one attached hydrogen (secondary N) is 1. The monoisotopic (exact) mass is 427 g/mol. The molecular formula is C21H18ClF4NO2. The second-order valence-corrected chi connectivity index (χ2v) is 7.44. The van der Waals surface area contributed by atoms with Crippen LogP contribution in [0.4, 0.5) is 17.6 Å². The maximum atomic E-state index is 13.7. The zero-order chi connectivity index (χ0) is 20.6. The van der Waals surface area contributed by atoms with Crippen LogP contribution in [0.2, 0.25) is 5.02 Å². The maximum absolute atomic E-state index is 13.7. The van der Waals surface area contributed by atoms with Crippen molar-refractivity contribution in [2.75, 3.05) is 13.1 Å². The highest BCUT2D eigenvalue weighted by atomic mass is 35.5. The van der Waals surface area contributed by atoms with Gasteiger partial charge in [0.1, 0.15) is 17.9 Å². The number of halogens is 5. The molecule has 0 spiro atoms. The SMILES string of the molecule is Fc1cc2c(Cl)ccc(COc3c(C4CCNCC4)cccc3C(F)(F)F)c2o1. The van der Waals surface area contributed by atoms with E-state index in [2.05, 4.69) is 5.32 Å². The number of para-hydroxylation sites is 1. The molecule has 8 heteroatoms. The fourth-order valence-electron chi connectivity index (χ4n) is 3.77. The van der Waals surface area contributed by atoms with Gasteiger partial charge in [-0.2, -0.15) is 17.6 Å². The Bertz CT molecular complexity index is 1030. The van der Waals surface area contributed by atoms with Crippen LogP contribution in [-0.4, -0.2) is 13.1 Å². The van der Waals surface area contributed by atoms with E-state index < -0.39 is 17.8 Å². The predicted molar refractivity (Wildman–Crippen MR) is 102 cm³/mol. The van der Waals surface area contributed by atoms with E-state index in [1.807, 2.05) is 0 Å². The molecule has 1 aliphatic rings. The van der Waals surface area contributed by atoms with Gasteiger partial charge in [-0.3, -0.25) is 0 Å². The van der Waals surface area contributed by atoms with Crippen LogP contribution >= 0.6 is 11.6 Å². The molecule has 154 valence electrons. The molecule has 0 bridgehead atoms. The Morgan fingerprint density at radius 1 is 1.14 bits per heavy atom. The van der Waals surface area contributed by atoms with Crippen LogP contribution in [-0.2, 0) is 12.8 Å². The van der Waals surface area contributed by atoms with E-state index in [0.717, 1.165) is 38.1 Å². The maximum Gasteiger partial charge on any atom is 0.419 e. The molecule has 2 aromatic carbocycles. The number of furan rings is 1. The van der Waals surface area contributed by atoms with Crippen LogP contribution in [0.3, 0.4) is 0 Å². The van der Waals surface area contributed by atoms with Gasteiger partial charge in [-0.05, 0) is 49.5 Å². The Hall–Kier alpha value is -2.25. The number of fused-ring (bicyclic) bond motifs is 1. The van der Waals surface area contributed by atoms with Gasteiger partial charge in [0, 0.05) is 17.0 Å². The Morgan fingerprint density at radius 3 is 2.62 bits per heavy atom. The lowest BCUT2D eigenvalue weighted by molar-refractivity contribution is -0.139. The number of benzene rings is 2. The molecule has 1 saturated heterocycles. The quantitative estimate of drug-likeness (QED) is 0.497. The van der Waals surface area contributed by atoms with Crippen molar-refractivity contribution in [2.24, 2.45) is 0 Å². The van der Waals surface area contributed by atoms with Gasteiger partial charge < -0.3 is 14.5 Å². The third kappa shape index (κ3) is 4.07. The van der Waals surface area contributed by atoms with E-state index in [1.54, 1.807) is 18.2 Å². The molecule has 0 amide bonds. The standard InChI is InChI=1S/C21H18ClF4NO2/c22-17-5-4-13(19-15(17)10-18(23)29-19)11-28-20-14(12-6-8-27-9-7-12)2-1-3-16(20)21(24,25)26/h1-5,10,12,27H,6-9,11H2. The predicted octanol–water partition coefficient (Wildman–Crippen LogP) is 6.29. The summed E-state index contributed by atoms with van der Waals surface area (Å²) in [4.78, 5) is 0. The molecule has 1 N–H and O–H groups in total. The largest absolute Gasteiger partial charge is 0.488 e. The number of hydrogen-bond acceptors (Lipinski definition) is 3. The summed E-state index contributed by atoms with van der Waals surface area (Å²) in [6, 6.07) is 7.55. The highest BCUT2D eigenvalue weighted by Crippen LogP contribution is 2.43. The summed E-state index contributed by atoms with van der Waals surface area (Å²) >= 11 is 6.05. The number of piperidine rings is 1. The Labute approximate surface area is 169 Å². The minimum Gasteiger partial charge on any atom is -0.488 e. The summed E-state index contributed by atoms with van der Waals surface area (Å²) in [7, 11) is 0. The average molecular weight is 428 g/mol. The summed E-state index contributed by atoms with van der Waals surface area (Å²) in [5.41, 5.74) is 0.311. The van der Waals surface area contributed by atoms with Gasteiger partial charge in [-0.1, -0.05) is 29.8 Å². The molecule has 0 unspecified atom stereocenters. The van der Waals surface area contributed by atoms with E-state index in [0.29, 0.717) is 21.5 Å². The minimum absolute atomic E-state index is 0.0279. The Kier molecular flexibility index (Phi) is 5.44. The fraction of sp³-hybridized carbons (Fsp3) is 0.333. The van der Waals surface area contributed by atoms with Crippen LogP contribution in [0.15, 0.2) is 40.8 Å². The Balaban J connectivity index is 1.71. The third-order valence-corrected chi connectivity index (χ3v) is 5.51. The first-order valence-corrected chi connectivity index (χ1v) is 9.62. The van der Waals surface area contributed by atoms with Crippen molar-refractivity contribution in [3.63, 3.8) is 0 Å². The number of ether oxygens (including phenoxy) is 1. The Morgan fingerprint density at radius 2 is 1.90 bits per heavy atom. The topological polar surface area (TPSA) is 34.4 Å². The zero-order valence-corrected chi connectivity index (χ0v) is 16.0. The van der Waals surface area contributed by atoms with Gasteiger partial charge in [0.25, 0.3) is 6.01 Å². The molecule has 1 aromatic heterocycles. The van der Waals surface area contributed by atoms with Crippen molar-refractivity contribution >= 4 is 22.6 Å². The lowest BCUT2D eigenvalue weighted by Gasteiger charge is -2.26. The van der Waals surface area contributed by atoms with Crippen molar-refractivity contribution in [1.29, 1.82) is 0 Å². The highest BCUT2D eigenvalue weighted by Gasteiger charge is 2.36. The molecule has 1 fully saturated rings. The second-order valence-electron chi connectivity index (χ2n) is 7.03. The minimum atomic E-state index is -4.55.